The Bertz CT molecular complexity index is 1690. The fourth-order valence-corrected chi connectivity index (χ4v) is 5.65. The van der Waals surface area contributed by atoms with E-state index in [9.17, 15) is 0 Å². The summed E-state index contributed by atoms with van der Waals surface area (Å²) in [7, 11) is -1.26. The summed E-state index contributed by atoms with van der Waals surface area (Å²) in [6, 6.07) is 23.9. The Balaban J connectivity index is 0.000000155. The summed E-state index contributed by atoms with van der Waals surface area (Å²) in [5.41, 5.74) is 3.49. The summed E-state index contributed by atoms with van der Waals surface area (Å²) < 4.78 is 36.0. The van der Waals surface area contributed by atoms with Gasteiger partial charge >= 0.3 is 21.1 Å². The number of pyridine rings is 2. The van der Waals surface area contributed by atoms with E-state index >= 15 is 0 Å². The van der Waals surface area contributed by atoms with Gasteiger partial charge in [0.25, 0.3) is 0 Å². The minimum atomic E-state index is -0.476. The first-order valence-corrected chi connectivity index (χ1v) is 18.2. The Hall–Kier alpha value is -3.02. The topological polar surface area (TPSA) is 81.2 Å². The Morgan fingerprint density at radius 1 is 0.423 bits per heavy atom. The molecule has 0 N–H and O–H groups in total. The lowest BCUT2D eigenvalue weighted by Gasteiger charge is -2.32. The van der Waals surface area contributed by atoms with Crippen LogP contribution < -0.4 is 5.46 Å². The summed E-state index contributed by atoms with van der Waals surface area (Å²) in [6.45, 7) is 24.5. The van der Waals surface area contributed by atoms with Crippen molar-refractivity contribution in [1.82, 2.24) is 9.97 Å². The van der Waals surface area contributed by atoms with Crippen molar-refractivity contribution in [3.63, 3.8) is 0 Å². The zero-order chi connectivity index (χ0) is 38.2. The van der Waals surface area contributed by atoms with Gasteiger partial charge in [-0.2, -0.15) is 0 Å². The summed E-state index contributed by atoms with van der Waals surface area (Å²) in [4.78, 5) is 8.20. The van der Waals surface area contributed by atoms with Crippen molar-refractivity contribution in [2.45, 2.75) is 117 Å². The van der Waals surface area contributed by atoms with Crippen LogP contribution in [0.15, 0.2) is 97.6 Å². The van der Waals surface area contributed by atoms with E-state index in [0.29, 0.717) is 0 Å². The van der Waals surface area contributed by atoms with Crippen molar-refractivity contribution in [3.05, 3.63) is 103 Å². The van der Waals surface area contributed by atoms with Crippen LogP contribution in [0.1, 0.15) is 83.1 Å². The highest BCUT2D eigenvalue weighted by atomic mass is 35.5. The van der Waals surface area contributed by atoms with Crippen LogP contribution in [-0.2, 0) is 27.9 Å². The predicted octanol–water partition coefficient (Wildman–Crippen LogP) is 8.70. The van der Waals surface area contributed by atoms with Gasteiger partial charge < -0.3 is 27.9 Å². The maximum atomic E-state index is 6.06. The van der Waals surface area contributed by atoms with Crippen LogP contribution in [0.3, 0.4) is 0 Å². The van der Waals surface area contributed by atoms with Gasteiger partial charge in [-0.25, -0.2) is 0 Å². The van der Waals surface area contributed by atoms with Crippen LogP contribution in [-0.4, -0.2) is 64.7 Å². The Morgan fingerprint density at radius 3 is 1.08 bits per heavy atom. The third-order valence-corrected chi connectivity index (χ3v) is 11.3. The lowest BCUT2D eigenvalue weighted by Crippen LogP contribution is -2.41. The second-order valence-corrected chi connectivity index (χ2v) is 16.9. The predicted molar refractivity (Wildman–Crippen MR) is 212 cm³/mol. The van der Waals surface area contributed by atoms with Gasteiger partial charge in [-0.1, -0.05) is 60.1 Å². The zero-order valence-electron chi connectivity index (χ0n) is 32.7. The molecule has 0 unspecified atom stereocenters. The van der Waals surface area contributed by atoms with E-state index in [0.717, 1.165) is 32.7 Å². The van der Waals surface area contributed by atoms with Gasteiger partial charge in [0, 0.05) is 29.8 Å². The molecule has 0 aliphatic carbocycles. The SMILES string of the molecule is CC1(C)OB(B2OC(C)(C)C(C)(C)O2)OC1(C)C.CC1(C)OB(c2ccc(-c3cccnc3)cc2)OC1(C)C.Clc1ccc(-c2cccnc2)cc1. The fraction of sp³-hybridized carbons (Fsp3) is 0.450. The number of halogens is 1. The molecular weight excluding hydrogens is 672 g/mol. The number of nitrogens with zero attached hydrogens (tertiary/aromatic N) is 2. The fourth-order valence-electron chi connectivity index (χ4n) is 5.52. The molecule has 2 aromatic heterocycles. The maximum absolute atomic E-state index is 6.06. The van der Waals surface area contributed by atoms with E-state index in [1.165, 1.54) is 0 Å². The molecule has 5 heterocycles. The first kappa shape index (κ1) is 40.2. The Morgan fingerprint density at radius 2 is 0.750 bits per heavy atom. The monoisotopic (exact) mass is 724 g/mol. The van der Waals surface area contributed by atoms with Gasteiger partial charge in [-0.3, -0.25) is 9.97 Å². The molecule has 0 bridgehead atoms. The zero-order valence-corrected chi connectivity index (χ0v) is 33.4. The molecule has 8 nitrogen and oxygen atoms in total. The van der Waals surface area contributed by atoms with E-state index in [2.05, 4.69) is 68.0 Å². The number of benzene rings is 2. The third kappa shape index (κ3) is 8.85. The molecule has 52 heavy (non-hydrogen) atoms. The number of hydrogen-bond donors (Lipinski definition) is 0. The van der Waals surface area contributed by atoms with Crippen LogP contribution in [0.2, 0.25) is 5.02 Å². The normalized spacial score (nSPS) is 21.5. The molecule has 2 aromatic carbocycles. The van der Waals surface area contributed by atoms with Gasteiger partial charge in [-0.15, -0.1) is 0 Å². The molecule has 0 spiro atoms. The summed E-state index contributed by atoms with van der Waals surface area (Å²) in [5.74, 6) is 0. The van der Waals surface area contributed by atoms with Gasteiger partial charge in [0.05, 0.1) is 33.6 Å². The largest absolute Gasteiger partial charge is 0.494 e. The highest BCUT2D eigenvalue weighted by Gasteiger charge is 2.63. The van der Waals surface area contributed by atoms with E-state index in [-0.39, 0.29) is 40.7 Å². The van der Waals surface area contributed by atoms with E-state index in [1.54, 1.807) is 12.4 Å². The number of rotatable bonds is 4. The standard InChI is InChI=1S/C17H20BNO2.C12H24B2O4.C11H8ClN/c1-16(2)17(3,4)21-18(20-16)15-9-7-13(8-10-15)14-6-5-11-19-12-14;1-9(2)10(3,4)16-13(15-9)14-17-11(5,6)12(7,8)18-14;12-11-5-3-9(4-6-11)10-2-1-7-13-8-10/h5-12H,1-4H3;1-8H3;1-8H. The molecule has 4 aromatic rings. The average Bonchev–Trinajstić information content (AvgIpc) is 3.55. The van der Waals surface area contributed by atoms with Gasteiger partial charge in [0.2, 0.25) is 0 Å². The van der Waals surface area contributed by atoms with Gasteiger partial charge in [0.1, 0.15) is 0 Å². The summed E-state index contributed by atoms with van der Waals surface area (Å²) >= 11 is 5.78. The van der Waals surface area contributed by atoms with E-state index in [1.807, 2.05) is 110 Å². The van der Waals surface area contributed by atoms with Crippen LogP contribution in [0.5, 0.6) is 0 Å². The highest BCUT2D eigenvalue weighted by molar-refractivity contribution is 7.11. The smallest absolute Gasteiger partial charge is 0.405 e. The first-order chi connectivity index (χ1) is 24.1. The van der Waals surface area contributed by atoms with Crippen molar-refractivity contribution in [2.24, 2.45) is 0 Å². The van der Waals surface area contributed by atoms with Crippen molar-refractivity contribution in [3.8, 4) is 22.3 Å². The minimum absolute atomic E-state index is 0.306. The number of aromatic nitrogens is 2. The highest BCUT2D eigenvalue weighted by Crippen LogP contribution is 2.43. The quantitative estimate of drug-likeness (QED) is 0.194. The molecule has 274 valence electrons. The molecule has 12 heteroatoms. The molecule has 3 aliphatic heterocycles. The first-order valence-electron chi connectivity index (χ1n) is 17.9. The summed E-state index contributed by atoms with van der Waals surface area (Å²) in [6.07, 6.45) is 7.24. The average molecular weight is 725 g/mol. The molecule has 3 fully saturated rings. The Labute approximate surface area is 316 Å². The lowest BCUT2D eigenvalue weighted by molar-refractivity contribution is 0.00578. The van der Waals surface area contributed by atoms with Gasteiger partial charge in [0.15, 0.2) is 0 Å². The van der Waals surface area contributed by atoms with Crippen molar-refractivity contribution in [1.29, 1.82) is 0 Å². The lowest BCUT2D eigenvalue weighted by atomic mass is 9.49. The molecule has 0 atom stereocenters. The molecule has 3 saturated heterocycles. The van der Waals surface area contributed by atoms with Crippen molar-refractivity contribution in [2.75, 3.05) is 0 Å². The van der Waals surface area contributed by atoms with Crippen LogP contribution in [0.4, 0.5) is 0 Å². The molecule has 0 saturated carbocycles. The van der Waals surface area contributed by atoms with Crippen molar-refractivity contribution < 1.29 is 27.9 Å². The van der Waals surface area contributed by atoms with E-state index in [4.69, 9.17) is 39.5 Å². The van der Waals surface area contributed by atoms with Crippen molar-refractivity contribution >= 4 is 38.2 Å². The molecule has 0 amide bonds. The van der Waals surface area contributed by atoms with Crippen LogP contribution >= 0.6 is 11.6 Å². The summed E-state index contributed by atoms with van der Waals surface area (Å²) in [5, 5.41) is 0.757. The molecule has 7 rings (SSSR count). The third-order valence-electron chi connectivity index (χ3n) is 11.0. The van der Waals surface area contributed by atoms with Gasteiger partial charge in [-0.05, 0) is 135 Å². The maximum Gasteiger partial charge on any atom is 0.494 e. The number of hydrogen-bond acceptors (Lipinski definition) is 8. The van der Waals surface area contributed by atoms with E-state index < -0.39 is 14.0 Å². The molecule has 3 aliphatic rings. The van der Waals surface area contributed by atoms with Crippen LogP contribution in [0.25, 0.3) is 22.3 Å². The molecule has 0 radical (unpaired) electrons. The minimum Gasteiger partial charge on any atom is -0.405 e. The van der Waals surface area contributed by atoms with Crippen LogP contribution in [0, 0.1) is 0 Å². The molecular formula is C40H52B3ClN2O6. The second kappa shape index (κ2) is 15.0. The Kier molecular flexibility index (Phi) is 11.6. The second-order valence-electron chi connectivity index (χ2n) is 16.4.